The van der Waals surface area contributed by atoms with Crippen molar-refractivity contribution in [2.75, 3.05) is 74.9 Å². The first-order valence-electron chi connectivity index (χ1n) is 9.32. The lowest BCUT2D eigenvalue weighted by Gasteiger charge is -2.35. The molecule has 2 aliphatic rings. The van der Waals surface area contributed by atoms with Crippen molar-refractivity contribution in [1.29, 1.82) is 0 Å². The fourth-order valence-corrected chi connectivity index (χ4v) is 3.57. The Bertz CT molecular complexity index is 508. The van der Waals surface area contributed by atoms with Crippen molar-refractivity contribution in [3.63, 3.8) is 0 Å². The Kier molecular flexibility index (Phi) is 6.09. The number of anilines is 3. The highest BCUT2D eigenvalue weighted by Gasteiger charge is 2.20. The van der Waals surface area contributed by atoms with E-state index in [-0.39, 0.29) is 0 Å². The van der Waals surface area contributed by atoms with E-state index in [1.807, 2.05) is 0 Å². The SMILES string of the molecule is CCN1CCN(c2ncnc(NCCN3CCCCC3)c2N)CC1. The van der Waals surface area contributed by atoms with E-state index in [9.17, 15) is 0 Å². The molecule has 2 fully saturated rings. The maximum Gasteiger partial charge on any atom is 0.157 e. The Balaban J connectivity index is 1.55. The maximum atomic E-state index is 6.34. The number of nitrogen functional groups attached to an aromatic ring is 1. The molecular weight excluding hydrogens is 302 g/mol. The van der Waals surface area contributed by atoms with Crippen LogP contribution in [0.2, 0.25) is 0 Å². The number of nitrogens with zero attached hydrogens (tertiary/aromatic N) is 5. The molecule has 0 aromatic carbocycles. The Morgan fingerprint density at radius 2 is 1.75 bits per heavy atom. The molecule has 3 heterocycles. The van der Waals surface area contributed by atoms with E-state index in [1.54, 1.807) is 6.33 Å². The summed E-state index contributed by atoms with van der Waals surface area (Å²) in [5, 5.41) is 3.40. The van der Waals surface area contributed by atoms with Crippen molar-refractivity contribution in [2.45, 2.75) is 26.2 Å². The number of likely N-dealkylation sites (tertiary alicyclic amines) is 1. The van der Waals surface area contributed by atoms with Crippen molar-refractivity contribution in [1.82, 2.24) is 19.8 Å². The summed E-state index contributed by atoms with van der Waals surface area (Å²) < 4.78 is 0. The second kappa shape index (κ2) is 8.48. The Labute approximate surface area is 145 Å². The summed E-state index contributed by atoms with van der Waals surface area (Å²) in [5.41, 5.74) is 7.03. The van der Waals surface area contributed by atoms with Crippen LogP contribution in [0.4, 0.5) is 17.3 Å². The van der Waals surface area contributed by atoms with Gasteiger partial charge < -0.3 is 25.8 Å². The van der Waals surface area contributed by atoms with Crippen LogP contribution in [0.25, 0.3) is 0 Å². The minimum absolute atomic E-state index is 0.682. The minimum Gasteiger partial charge on any atom is -0.393 e. The van der Waals surface area contributed by atoms with E-state index < -0.39 is 0 Å². The van der Waals surface area contributed by atoms with E-state index >= 15 is 0 Å². The van der Waals surface area contributed by atoms with Gasteiger partial charge in [0.2, 0.25) is 0 Å². The summed E-state index contributed by atoms with van der Waals surface area (Å²) in [6.07, 6.45) is 5.64. The second-order valence-corrected chi connectivity index (χ2v) is 6.71. The molecule has 0 aliphatic carbocycles. The second-order valence-electron chi connectivity index (χ2n) is 6.71. The monoisotopic (exact) mass is 333 g/mol. The van der Waals surface area contributed by atoms with Gasteiger partial charge in [-0.2, -0.15) is 0 Å². The Morgan fingerprint density at radius 1 is 1.00 bits per heavy atom. The van der Waals surface area contributed by atoms with Crippen LogP contribution in [0.15, 0.2) is 6.33 Å². The number of aromatic nitrogens is 2. The molecule has 7 heteroatoms. The molecule has 0 atom stereocenters. The van der Waals surface area contributed by atoms with Gasteiger partial charge in [-0.1, -0.05) is 13.3 Å². The molecule has 0 spiro atoms. The van der Waals surface area contributed by atoms with E-state index in [2.05, 4.69) is 36.9 Å². The van der Waals surface area contributed by atoms with Crippen molar-refractivity contribution >= 4 is 17.3 Å². The third-order valence-electron chi connectivity index (χ3n) is 5.15. The Morgan fingerprint density at radius 3 is 2.46 bits per heavy atom. The van der Waals surface area contributed by atoms with Gasteiger partial charge in [0, 0.05) is 39.3 Å². The van der Waals surface area contributed by atoms with Gasteiger partial charge in [0.05, 0.1) is 0 Å². The molecule has 0 amide bonds. The van der Waals surface area contributed by atoms with Gasteiger partial charge in [0.1, 0.15) is 12.0 Å². The van der Waals surface area contributed by atoms with Crippen molar-refractivity contribution in [3.05, 3.63) is 6.33 Å². The summed E-state index contributed by atoms with van der Waals surface area (Å²) in [7, 11) is 0. The number of piperazine rings is 1. The van der Waals surface area contributed by atoms with Crippen molar-refractivity contribution in [3.8, 4) is 0 Å². The van der Waals surface area contributed by atoms with Gasteiger partial charge in [0.15, 0.2) is 11.6 Å². The first kappa shape index (κ1) is 17.2. The lowest BCUT2D eigenvalue weighted by atomic mass is 10.1. The van der Waals surface area contributed by atoms with Gasteiger partial charge in [-0.05, 0) is 32.5 Å². The quantitative estimate of drug-likeness (QED) is 0.807. The smallest absolute Gasteiger partial charge is 0.157 e. The molecule has 0 radical (unpaired) electrons. The zero-order valence-electron chi connectivity index (χ0n) is 14.9. The number of nitrogens with two attached hydrogens (primary N) is 1. The normalized spacial score (nSPS) is 20.3. The molecule has 24 heavy (non-hydrogen) atoms. The maximum absolute atomic E-state index is 6.34. The minimum atomic E-state index is 0.682. The zero-order chi connectivity index (χ0) is 16.8. The topological polar surface area (TPSA) is 73.6 Å². The van der Waals surface area contributed by atoms with Crippen LogP contribution in [0, 0.1) is 0 Å². The molecular formula is C17H31N7. The average molecular weight is 333 g/mol. The first-order valence-corrected chi connectivity index (χ1v) is 9.32. The van der Waals surface area contributed by atoms with Gasteiger partial charge in [-0.25, -0.2) is 9.97 Å². The van der Waals surface area contributed by atoms with Gasteiger partial charge in [-0.3, -0.25) is 0 Å². The molecule has 3 rings (SSSR count). The Hall–Kier alpha value is -1.60. The molecule has 7 nitrogen and oxygen atoms in total. The van der Waals surface area contributed by atoms with Crippen LogP contribution in [-0.2, 0) is 0 Å². The predicted octanol–water partition coefficient (Wildman–Crippen LogP) is 1.10. The van der Waals surface area contributed by atoms with Crippen LogP contribution in [-0.4, -0.2) is 78.7 Å². The fraction of sp³-hybridized carbons (Fsp3) is 0.765. The zero-order valence-corrected chi connectivity index (χ0v) is 14.9. The number of piperidine rings is 1. The summed E-state index contributed by atoms with van der Waals surface area (Å²) >= 11 is 0. The van der Waals surface area contributed by atoms with Crippen LogP contribution in [0.3, 0.4) is 0 Å². The van der Waals surface area contributed by atoms with Crippen LogP contribution in [0.1, 0.15) is 26.2 Å². The molecule has 3 N–H and O–H groups in total. The predicted molar refractivity (Wildman–Crippen MR) is 99.6 cm³/mol. The molecule has 2 aliphatic heterocycles. The number of rotatable bonds is 6. The lowest BCUT2D eigenvalue weighted by molar-refractivity contribution is 0.237. The van der Waals surface area contributed by atoms with Gasteiger partial charge in [0.25, 0.3) is 0 Å². The molecule has 0 saturated carbocycles. The molecule has 1 aromatic rings. The highest BCUT2D eigenvalue weighted by molar-refractivity contribution is 5.75. The third kappa shape index (κ3) is 4.27. The largest absolute Gasteiger partial charge is 0.393 e. The van der Waals surface area contributed by atoms with Crippen molar-refractivity contribution in [2.24, 2.45) is 0 Å². The standard InChI is InChI=1S/C17H31N7/c1-2-22-10-12-24(13-11-22)17-15(18)16(20-14-21-17)19-6-9-23-7-4-3-5-8-23/h14H,2-13,18H2,1H3,(H,19,20,21). The highest BCUT2D eigenvalue weighted by Crippen LogP contribution is 2.26. The highest BCUT2D eigenvalue weighted by atomic mass is 15.3. The van der Waals surface area contributed by atoms with E-state index in [0.29, 0.717) is 5.69 Å². The van der Waals surface area contributed by atoms with E-state index in [0.717, 1.165) is 57.4 Å². The van der Waals surface area contributed by atoms with E-state index in [4.69, 9.17) is 5.73 Å². The molecule has 0 unspecified atom stereocenters. The summed E-state index contributed by atoms with van der Waals surface area (Å²) in [4.78, 5) is 16.0. The van der Waals surface area contributed by atoms with Crippen LogP contribution < -0.4 is 16.0 Å². The summed E-state index contributed by atoms with van der Waals surface area (Å²) in [6, 6.07) is 0. The van der Waals surface area contributed by atoms with Crippen LogP contribution >= 0.6 is 0 Å². The van der Waals surface area contributed by atoms with E-state index in [1.165, 1.54) is 32.4 Å². The molecule has 2 saturated heterocycles. The molecule has 1 aromatic heterocycles. The number of hydrogen-bond donors (Lipinski definition) is 2. The number of likely N-dealkylation sites (N-methyl/N-ethyl adjacent to an activating group) is 1. The average Bonchev–Trinajstić information content (AvgIpc) is 2.64. The fourth-order valence-electron chi connectivity index (χ4n) is 3.57. The molecule has 134 valence electrons. The lowest BCUT2D eigenvalue weighted by Crippen LogP contribution is -2.46. The summed E-state index contributed by atoms with van der Waals surface area (Å²) in [6.45, 7) is 11.8. The first-order chi connectivity index (χ1) is 11.8. The van der Waals surface area contributed by atoms with Gasteiger partial charge >= 0.3 is 0 Å². The summed E-state index contributed by atoms with van der Waals surface area (Å²) in [5.74, 6) is 1.65. The molecule has 0 bridgehead atoms. The van der Waals surface area contributed by atoms with Gasteiger partial charge in [-0.15, -0.1) is 0 Å². The number of nitrogens with one attached hydrogen (secondary N) is 1. The number of hydrogen-bond acceptors (Lipinski definition) is 7. The van der Waals surface area contributed by atoms with Crippen molar-refractivity contribution < 1.29 is 0 Å². The third-order valence-corrected chi connectivity index (χ3v) is 5.15. The van der Waals surface area contributed by atoms with Crippen LogP contribution in [0.5, 0.6) is 0 Å².